The van der Waals surface area contributed by atoms with Crippen LogP contribution >= 0.6 is 23.2 Å². The number of hydrogen-bond acceptors (Lipinski definition) is 6. The van der Waals surface area contributed by atoms with Crippen molar-refractivity contribution in [1.29, 1.82) is 10.5 Å². The highest BCUT2D eigenvalue weighted by Gasteiger charge is 2.31. The molecule has 1 N–H and O–H groups in total. The first-order chi connectivity index (χ1) is 14.8. The molecule has 31 heavy (non-hydrogen) atoms. The summed E-state index contributed by atoms with van der Waals surface area (Å²) in [6.07, 6.45) is 3.73. The van der Waals surface area contributed by atoms with E-state index >= 15 is 0 Å². The van der Waals surface area contributed by atoms with Crippen molar-refractivity contribution >= 4 is 23.2 Å². The maximum Gasteiger partial charge on any atom is 0.351 e. The monoisotopic (exact) mass is 458 g/mol. The number of rotatable bonds is 3. The number of nitriles is 2. The number of halogens is 2. The summed E-state index contributed by atoms with van der Waals surface area (Å²) in [5.41, 5.74) is 0.555. The average molecular weight is 459 g/mol. The van der Waals surface area contributed by atoms with Gasteiger partial charge >= 0.3 is 11.4 Å². The first-order valence-corrected chi connectivity index (χ1v) is 10.3. The lowest BCUT2D eigenvalue weighted by atomic mass is 10.2. The summed E-state index contributed by atoms with van der Waals surface area (Å²) in [5.74, 6) is 0.280. The van der Waals surface area contributed by atoms with Crippen molar-refractivity contribution in [2.75, 3.05) is 0 Å². The van der Waals surface area contributed by atoms with E-state index in [-0.39, 0.29) is 35.1 Å². The van der Waals surface area contributed by atoms with Crippen LogP contribution in [0.15, 0.2) is 21.7 Å². The lowest BCUT2D eigenvalue weighted by Crippen LogP contribution is -2.24. The Hall–Kier alpha value is -3.34. The van der Waals surface area contributed by atoms with E-state index in [9.17, 15) is 9.59 Å². The quantitative estimate of drug-likeness (QED) is 0.639. The second kappa shape index (κ2) is 8.06. The van der Waals surface area contributed by atoms with Gasteiger partial charge in [0.05, 0.1) is 10.0 Å². The molecule has 0 aliphatic heterocycles. The summed E-state index contributed by atoms with van der Waals surface area (Å²) in [6, 6.07) is 7.50. The van der Waals surface area contributed by atoms with Gasteiger partial charge in [0.1, 0.15) is 17.8 Å². The van der Waals surface area contributed by atoms with Gasteiger partial charge in [-0.1, -0.05) is 23.2 Å². The second-order valence-electron chi connectivity index (χ2n) is 7.37. The van der Waals surface area contributed by atoms with Gasteiger partial charge in [-0.3, -0.25) is 9.13 Å². The topological polar surface area (TPSA) is 138 Å². The molecule has 158 valence electrons. The Morgan fingerprint density at radius 3 is 2.06 bits per heavy atom. The van der Waals surface area contributed by atoms with Crippen LogP contribution in [0.1, 0.15) is 55.0 Å². The van der Waals surface area contributed by atoms with Gasteiger partial charge in [-0.15, -0.1) is 10.2 Å². The fourth-order valence-corrected chi connectivity index (χ4v) is 3.97. The van der Waals surface area contributed by atoms with Gasteiger partial charge < -0.3 is 0 Å². The third kappa shape index (κ3) is 4.00. The predicted molar refractivity (Wildman–Crippen MR) is 111 cm³/mol. The van der Waals surface area contributed by atoms with E-state index in [0.717, 1.165) is 35.9 Å². The predicted octanol–water partition coefficient (Wildman–Crippen LogP) is 2.63. The Bertz CT molecular complexity index is 1340. The van der Waals surface area contributed by atoms with Crippen LogP contribution in [0.3, 0.4) is 0 Å². The molecule has 1 aromatic carbocycles. The Morgan fingerprint density at radius 2 is 1.55 bits per heavy atom. The van der Waals surface area contributed by atoms with E-state index in [0.29, 0.717) is 15.7 Å². The summed E-state index contributed by atoms with van der Waals surface area (Å²) in [7, 11) is 0. The molecule has 0 bridgehead atoms. The number of hydrogen-bond donors (Lipinski definition) is 1. The van der Waals surface area contributed by atoms with E-state index in [4.69, 9.17) is 33.7 Å². The van der Waals surface area contributed by atoms with E-state index in [2.05, 4.69) is 15.3 Å². The summed E-state index contributed by atoms with van der Waals surface area (Å²) in [5, 5.41) is 28.2. The highest BCUT2D eigenvalue weighted by atomic mass is 35.5. The zero-order valence-electron chi connectivity index (χ0n) is 16.3. The smallest absolute Gasteiger partial charge is 0.264 e. The molecule has 5 rings (SSSR count). The molecule has 0 atom stereocenters. The zero-order valence-corrected chi connectivity index (χ0v) is 17.9. The molecule has 0 spiro atoms. The van der Waals surface area contributed by atoms with Crippen LogP contribution in [-0.2, 0) is 0 Å². The molecule has 2 heterocycles. The van der Waals surface area contributed by atoms with Gasteiger partial charge in [0.15, 0.2) is 0 Å². The minimum Gasteiger partial charge on any atom is -0.264 e. The largest absolute Gasteiger partial charge is 0.351 e. The van der Waals surface area contributed by atoms with Crippen molar-refractivity contribution in [3.63, 3.8) is 0 Å². The van der Waals surface area contributed by atoms with Crippen LogP contribution in [0, 0.1) is 29.6 Å². The normalized spacial score (nSPS) is 15.0. The van der Waals surface area contributed by atoms with E-state index in [1.165, 1.54) is 9.13 Å². The number of H-pyrrole nitrogens is 1. The number of nitrogens with one attached hydrogen (secondary N) is 1. The summed E-state index contributed by atoms with van der Waals surface area (Å²) < 4.78 is 3.94. The van der Waals surface area contributed by atoms with Crippen molar-refractivity contribution in [3.05, 3.63) is 60.4 Å². The van der Waals surface area contributed by atoms with Crippen LogP contribution < -0.4 is 11.4 Å². The maximum absolute atomic E-state index is 12.4. The second-order valence-corrected chi connectivity index (χ2v) is 8.19. The highest BCUT2D eigenvalue weighted by Crippen LogP contribution is 2.35. The number of aromatic amines is 1. The minimum absolute atomic E-state index is 0.0638. The first kappa shape index (κ1) is 20.9. The van der Waals surface area contributed by atoms with Crippen LogP contribution in [0.4, 0.5) is 0 Å². The van der Waals surface area contributed by atoms with Gasteiger partial charge in [-0.05, 0) is 50.3 Å². The molecule has 3 aromatic rings. The van der Waals surface area contributed by atoms with Crippen LogP contribution in [0.25, 0.3) is 5.69 Å². The third-order valence-corrected chi connectivity index (χ3v) is 5.49. The number of aromatic nitrogens is 6. The Balaban J connectivity index is 0.000000177. The van der Waals surface area contributed by atoms with Gasteiger partial charge in [-0.2, -0.15) is 15.2 Å². The minimum atomic E-state index is -0.378. The van der Waals surface area contributed by atoms with Gasteiger partial charge in [0.2, 0.25) is 11.6 Å². The molecule has 10 nitrogen and oxygen atoms in total. The lowest BCUT2D eigenvalue weighted by molar-refractivity contribution is 0.688. The van der Waals surface area contributed by atoms with E-state index in [1.54, 1.807) is 12.1 Å². The highest BCUT2D eigenvalue weighted by molar-refractivity contribution is 6.37. The van der Waals surface area contributed by atoms with Crippen molar-refractivity contribution in [2.45, 2.75) is 44.7 Å². The van der Waals surface area contributed by atoms with Gasteiger partial charge in [-0.25, -0.2) is 14.7 Å². The Kier molecular flexibility index (Phi) is 5.44. The standard InChI is InChI=1S/C13H10Cl2N4O.C6H6N4O/c1-7-4-9(14)12(10(15)5-7)19-13(20)18(8-2-3-8)11(6-16)17-19;7-3-5-8-9-6(11)10(5)4-1-2-4/h4-5,8H,2-3H2,1H3;4H,1-2H2,(H,9,11). The van der Waals surface area contributed by atoms with Crippen LogP contribution in [-0.4, -0.2) is 29.1 Å². The molecule has 2 aromatic heterocycles. The van der Waals surface area contributed by atoms with Crippen LogP contribution in [0.2, 0.25) is 10.0 Å². The van der Waals surface area contributed by atoms with Crippen LogP contribution in [0.5, 0.6) is 0 Å². The first-order valence-electron chi connectivity index (χ1n) is 9.50. The number of nitrogens with zero attached hydrogens (tertiary/aromatic N) is 7. The molecule has 0 saturated heterocycles. The molecule has 0 unspecified atom stereocenters. The molecule has 2 aliphatic rings. The Morgan fingerprint density at radius 1 is 1.00 bits per heavy atom. The van der Waals surface area contributed by atoms with Gasteiger partial charge in [0, 0.05) is 12.1 Å². The molecule has 2 aliphatic carbocycles. The fraction of sp³-hybridized carbons (Fsp3) is 0.368. The molecule has 2 saturated carbocycles. The molecule has 2 fully saturated rings. The van der Waals surface area contributed by atoms with Crippen molar-refractivity contribution < 1.29 is 0 Å². The summed E-state index contributed by atoms with van der Waals surface area (Å²) in [4.78, 5) is 23.4. The molecule has 0 amide bonds. The molecular weight excluding hydrogens is 443 g/mol. The average Bonchev–Trinajstić information content (AvgIpc) is 3.65. The van der Waals surface area contributed by atoms with Crippen molar-refractivity contribution in [1.82, 2.24) is 29.1 Å². The third-order valence-electron chi connectivity index (χ3n) is 4.91. The number of aryl methyl sites for hydroxylation is 1. The van der Waals surface area contributed by atoms with Crippen molar-refractivity contribution in [3.8, 4) is 17.8 Å². The van der Waals surface area contributed by atoms with E-state index in [1.807, 2.05) is 19.1 Å². The van der Waals surface area contributed by atoms with Crippen molar-refractivity contribution in [2.24, 2.45) is 0 Å². The fourth-order valence-electron chi connectivity index (χ4n) is 3.21. The van der Waals surface area contributed by atoms with E-state index < -0.39 is 0 Å². The molecule has 12 heteroatoms. The lowest BCUT2D eigenvalue weighted by Gasteiger charge is -2.06. The zero-order chi connectivity index (χ0) is 22.3. The maximum atomic E-state index is 12.4. The molecule has 0 radical (unpaired) electrons. The SMILES string of the molecule is Cc1cc(Cl)c(-n2nc(C#N)n(C3CC3)c2=O)c(Cl)c1.N#Cc1n[nH]c(=O)n1C1CC1. The summed E-state index contributed by atoms with van der Waals surface area (Å²) >= 11 is 12.3. The summed E-state index contributed by atoms with van der Waals surface area (Å²) in [6.45, 7) is 1.85. The Labute approximate surface area is 185 Å². The molecular formula is C19H16Cl2N8O2. The van der Waals surface area contributed by atoms with Gasteiger partial charge in [0.25, 0.3) is 0 Å². The number of benzene rings is 1.